The fourth-order valence-electron chi connectivity index (χ4n) is 2.28. The van der Waals surface area contributed by atoms with E-state index >= 15 is 0 Å². The number of rotatable bonds is 5. The summed E-state index contributed by atoms with van der Waals surface area (Å²) in [6, 6.07) is 0. The highest BCUT2D eigenvalue weighted by Crippen LogP contribution is 2.15. The van der Waals surface area contributed by atoms with Crippen LogP contribution >= 0.6 is 24.0 Å². The number of aliphatic imine (C=N–C) groups is 1. The Morgan fingerprint density at radius 2 is 2.14 bits per heavy atom. The van der Waals surface area contributed by atoms with Gasteiger partial charge in [0.25, 0.3) is 0 Å². The summed E-state index contributed by atoms with van der Waals surface area (Å²) in [5.74, 6) is 1.48. The molecule has 1 saturated heterocycles. The minimum atomic E-state index is -4.24. The first-order valence-corrected chi connectivity index (χ1v) is 7.02. The van der Waals surface area contributed by atoms with Crippen molar-refractivity contribution in [2.24, 2.45) is 10.9 Å². The normalized spacial score (nSPS) is 20.1. The second-order valence-corrected chi connectivity index (χ2v) is 5.19. The molecule has 0 aromatic rings. The first-order chi connectivity index (χ1) is 9.42. The molecule has 0 aromatic carbocycles. The number of piperidine rings is 1. The first-order valence-electron chi connectivity index (χ1n) is 7.02. The molecule has 126 valence electrons. The second kappa shape index (κ2) is 10.5. The molecule has 1 rings (SSSR count). The van der Waals surface area contributed by atoms with E-state index in [9.17, 15) is 13.2 Å². The molecule has 4 nitrogen and oxygen atoms in total. The molecule has 0 bridgehead atoms. The molecule has 1 unspecified atom stereocenters. The topological polar surface area (TPSA) is 36.9 Å². The van der Waals surface area contributed by atoms with E-state index in [1.54, 1.807) is 7.05 Å². The number of hydrogen-bond donors (Lipinski definition) is 1. The maximum atomic E-state index is 11.9. The van der Waals surface area contributed by atoms with E-state index in [1.807, 2.05) is 0 Å². The molecule has 0 spiro atoms. The van der Waals surface area contributed by atoms with Crippen LogP contribution in [0.3, 0.4) is 0 Å². The van der Waals surface area contributed by atoms with Crippen LogP contribution in [0.25, 0.3) is 0 Å². The summed E-state index contributed by atoms with van der Waals surface area (Å²) in [4.78, 5) is 6.41. The standard InChI is InChI=1S/C13H24F3N3O.HI/c1-11-5-3-7-19(9-11)12(17-2)18-6-4-8-20-10-13(14,15)16;/h11H,3-10H2,1-2H3,(H,17,18);1H. The number of nitrogens with zero attached hydrogens (tertiary/aromatic N) is 2. The van der Waals surface area contributed by atoms with Gasteiger partial charge in [-0.05, 0) is 25.2 Å². The number of alkyl halides is 3. The van der Waals surface area contributed by atoms with Crippen molar-refractivity contribution in [3.8, 4) is 0 Å². The lowest BCUT2D eigenvalue weighted by atomic mass is 10.0. The number of nitrogens with one attached hydrogen (secondary N) is 1. The van der Waals surface area contributed by atoms with E-state index in [-0.39, 0.29) is 30.6 Å². The van der Waals surface area contributed by atoms with Crippen molar-refractivity contribution in [2.75, 3.05) is 39.9 Å². The van der Waals surface area contributed by atoms with Crippen LogP contribution in [0, 0.1) is 5.92 Å². The fourth-order valence-corrected chi connectivity index (χ4v) is 2.28. The Morgan fingerprint density at radius 1 is 1.43 bits per heavy atom. The van der Waals surface area contributed by atoms with E-state index in [4.69, 9.17) is 0 Å². The summed E-state index contributed by atoms with van der Waals surface area (Å²) in [6.07, 6.45) is -1.33. The number of likely N-dealkylation sites (tertiary alicyclic amines) is 1. The van der Waals surface area contributed by atoms with Crippen molar-refractivity contribution in [3.63, 3.8) is 0 Å². The summed E-state index contributed by atoms with van der Waals surface area (Å²) in [5.41, 5.74) is 0. The van der Waals surface area contributed by atoms with E-state index in [0.29, 0.717) is 18.9 Å². The monoisotopic (exact) mass is 423 g/mol. The van der Waals surface area contributed by atoms with Gasteiger partial charge in [0.15, 0.2) is 5.96 Å². The van der Waals surface area contributed by atoms with Crippen LogP contribution in [-0.4, -0.2) is 56.9 Å². The third kappa shape index (κ3) is 9.38. The number of ether oxygens (including phenoxy) is 1. The number of guanidine groups is 1. The van der Waals surface area contributed by atoms with Gasteiger partial charge < -0.3 is 15.0 Å². The average Bonchev–Trinajstić information content (AvgIpc) is 2.36. The molecule has 1 aliphatic heterocycles. The molecule has 1 heterocycles. The van der Waals surface area contributed by atoms with Crippen LogP contribution in [0.5, 0.6) is 0 Å². The minimum Gasteiger partial charge on any atom is -0.372 e. The summed E-state index contributed by atoms with van der Waals surface area (Å²) in [5, 5.41) is 3.17. The van der Waals surface area contributed by atoms with E-state index in [2.05, 4.69) is 26.9 Å². The fraction of sp³-hybridized carbons (Fsp3) is 0.923. The summed E-state index contributed by atoms with van der Waals surface area (Å²) in [6.45, 7) is 3.66. The van der Waals surface area contributed by atoms with Crippen molar-refractivity contribution >= 4 is 29.9 Å². The predicted molar refractivity (Wildman–Crippen MR) is 88.2 cm³/mol. The molecule has 1 N–H and O–H groups in total. The van der Waals surface area contributed by atoms with Crippen molar-refractivity contribution in [1.82, 2.24) is 10.2 Å². The highest BCUT2D eigenvalue weighted by molar-refractivity contribution is 14.0. The SMILES string of the molecule is CN=C(NCCCOCC(F)(F)F)N1CCCC(C)C1.I. The molecule has 1 aliphatic rings. The zero-order valence-electron chi connectivity index (χ0n) is 12.6. The quantitative estimate of drug-likeness (QED) is 0.320. The van der Waals surface area contributed by atoms with E-state index < -0.39 is 12.8 Å². The van der Waals surface area contributed by atoms with Crippen LogP contribution in [0.2, 0.25) is 0 Å². The molecule has 21 heavy (non-hydrogen) atoms. The Kier molecular flexibility index (Phi) is 10.3. The maximum Gasteiger partial charge on any atom is 0.411 e. The minimum absolute atomic E-state index is 0. The first kappa shape index (κ1) is 20.8. The average molecular weight is 423 g/mol. The molecule has 1 fully saturated rings. The smallest absolute Gasteiger partial charge is 0.372 e. The summed E-state index contributed by atoms with van der Waals surface area (Å²) < 4.78 is 40.1. The maximum absolute atomic E-state index is 11.9. The van der Waals surface area contributed by atoms with Crippen LogP contribution in [0.1, 0.15) is 26.2 Å². The zero-order chi connectivity index (χ0) is 15.0. The highest BCUT2D eigenvalue weighted by Gasteiger charge is 2.27. The molecular weight excluding hydrogens is 398 g/mol. The summed E-state index contributed by atoms with van der Waals surface area (Å²) in [7, 11) is 1.72. The van der Waals surface area contributed by atoms with Gasteiger partial charge in [0.2, 0.25) is 0 Å². The van der Waals surface area contributed by atoms with Gasteiger partial charge in [-0.3, -0.25) is 4.99 Å². The van der Waals surface area contributed by atoms with E-state index in [1.165, 1.54) is 6.42 Å². The Hall–Kier alpha value is -0.250. The lowest BCUT2D eigenvalue weighted by Crippen LogP contribution is -2.46. The van der Waals surface area contributed by atoms with Crippen molar-refractivity contribution < 1.29 is 17.9 Å². The van der Waals surface area contributed by atoms with Gasteiger partial charge in [0.1, 0.15) is 6.61 Å². The van der Waals surface area contributed by atoms with Crippen LogP contribution in [-0.2, 0) is 4.74 Å². The van der Waals surface area contributed by atoms with Crippen LogP contribution in [0.15, 0.2) is 4.99 Å². The largest absolute Gasteiger partial charge is 0.411 e. The molecule has 1 atom stereocenters. The van der Waals surface area contributed by atoms with Gasteiger partial charge in [0, 0.05) is 33.3 Å². The van der Waals surface area contributed by atoms with Crippen LogP contribution < -0.4 is 5.32 Å². The molecular formula is C13H25F3IN3O. The molecule has 0 aliphatic carbocycles. The number of halogens is 4. The Bertz CT molecular complexity index is 314. The predicted octanol–water partition coefficient (Wildman–Crippen LogP) is 2.88. The summed E-state index contributed by atoms with van der Waals surface area (Å²) >= 11 is 0. The third-order valence-electron chi connectivity index (χ3n) is 3.18. The van der Waals surface area contributed by atoms with Gasteiger partial charge in [-0.25, -0.2) is 0 Å². The third-order valence-corrected chi connectivity index (χ3v) is 3.18. The Balaban J connectivity index is 0.00000400. The molecule has 0 saturated carbocycles. The Labute approximate surface area is 141 Å². The van der Waals surface area contributed by atoms with Gasteiger partial charge in [0.05, 0.1) is 0 Å². The van der Waals surface area contributed by atoms with Crippen LogP contribution in [0.4, 0.5) is 13.2 Å². The van der Waals surface area contributed by atoms with Gasteiger partial charge in [-0.15, -0.1) is 24.0 Å². The number of hydrogen-bond acceptors (Lipinski definition) is 2. The van der Waals surface area contributed by atoms with Crippen molar-refractivity contribution in [3.05, 3.63) is 0 Å². The lowest BCUT2D eigenvalue weighted by molar-refractivity contribution is -0.173. The van der Waals surface area contributed by atoms with Crippen molar-refractivity contribution in [2.45, 2.75) is 32.4 Å². The lowest BCUT2D eigenvalue weighted by Gasteiger charge is -2.33. The Morgan fingerprint density at radius 3 is 2.71 bits per heavy atom. The highest BCUT2D eigenvalue weighted by atomic mass is 127. The van der Waals surface area contributed by atoms with Gasteiger partial charge in [-0.1, -0.05) is 6.92 Å². The van der Waals surface area contributed by atoms with Gasteiger partial charge in [-0.2, -0.15) is 13.2 Å². The molecule has 0 amide bonds. The molecule has 8 heteroatoms. The zero-order valence-corrected chi connectivity index (χ0v) is 14.9. The molecule has 0 radical (unpaired) electrons. The van der Waals surface area contributed by atoms with E-state index in [0.717, 1.165) is 25.5 Å². The van der Waals surface area contributed by atoms with Crippen molar-refractivity contribution in [1.29, 1.82) is 0 Å². The molecule has 0 aromatic heterocycles. The second-order valence-electron chi connectivity index (χ2n) is 5.19. The van der Waals surface area contributed by atoms with Gasteiger partial charge >= 0.3 is 6.18 Å².